The first kappa shape index (κ1) is 52.4. The molecule has 2 aromatic carbocycles. The Morgan fingerprint density at radius 1 is 1.02 bits per heavy atom. The molecule has 1 aliphatic heterocycles. The third-order valence-corrected chi connectivity index (χ3v) is 12.5. The Morgan fingerprint density at radius 3 is 2.42 bits per heavy atom. The molecule has 65 heavy (non-hydrogen) atoms. The van der Waals surface area contributed by atoms with Gasteiger partial charge in [-0.25, -0.2) is 27.6 Å². The number of rotatable bonds is 25. The molecule has 1 saturated heterocycles. The first-order valence-corrected chi connectivity index (χ1v) is 23.4. The van der Waals surface area contributed by atoms with Crippen molar-refractivity contribution in [2.24, 2.45) is 5.92 Å². The number of halogens is 3. The van der Waals surface area contributed by atoms with Gasteiger partial charge < -0.3 is 28.6 Å². The minimum atomic E-state index is -3.73. The molecule has 0 unspecified atom stereocenters. The maximum Gasteiger partial charge on any atom is 0.512 e. The highest BCUT2D eigenvalue weighted by atomic mass is 32.2. The van der Waals surface area contributed by atoms with Crippen molar-refractivity contribution >= 4 is 46.0 Å². The lowest BCUT2D eigenvalue weighted by atomic mass is 9.89. The van der Waals surface area contributed by atoms with Crippen LogP contribution in [0.1, 0.15) is 76.0 Å². The van der Waals surface area contributed by atoms with E-state index in [0.29, 0.717) is 37.3 Å². The number of carbonyl (C=O) groups excluding carboxylic acids is 3. The Bertz CT molecular complexity index is 2230. The highest BCUT2D eigenvalue weighted by Crippen LogP contribution is 2.42. The Hall–Kier alpha value is -5.27. The van der Waals surface area contributed by atoms with Gasteiger partial charge in [0.2, 0.25) is 12.7 Å². The quantitative estimate of drug-likeness (QED) is 0.0275. The highest BCUT2D eigenvalue weighted by Gasteiger charge is 2.47. The van der Waals surface area contributed by atoms with Gasteiger partial charge >= 0.3 is 12.1 Å². The molecule has 0 radical (unpaired) electrons. The molecule has 21 heteroatoms. The maximum absolute atomic E-state index is 15.7. The predicted octanol–water partition coefficient (Wildman–Crippen LogP) is 7.05. The molecule has 1 aliphatic rings. The lowest BCUT2D eigenvalue weighted by molar-refractivity contribution is -0.155. The standard InChI is InChI=1S/C44H54F3N5O11S2/c1-31(2)24-62-65(56,57)20-19-51(4)40(53)12-7-5-6-8-13-41(54)60-30-61-43(55)63-44(27-52-29-49-28-50-52,37-18-17-35(45)22-39(37)47)32(3)64-36-25-58-42(59-26-36)14-10-9-11-34-16-15-33(23-48)21-38(34)46/h9-11,14-18,21-22,28-29,31-32,36,42H,5-8,12-13,19-20,24-27,30H2,1-4H3/b11-9+,14-10+/t32-,36?,42?,44-/m1/s1. The van der Waals surface area contributed by atoms with Gasteiger partial charge in [-0.3, -0.25) is 13.8 Å². The number of hydrogen-bond acceptors (Lipinski definition) is 15. The second kappa shape index (κ2) is 26.0. The van der Waals surface area contributed by atoms with Crippen molar-refractivity contribution in [3.63, 3.8) is 0 Å². The van der Waals surface area contributed by atoms with Crippen LogP contribution in [0.5, 0.6) is 0 Å². The molecule has 0 N–H and O–H groups in total. The van der Waals surface area contributed by atoms with Crippen molar-refractivity contribution < 1.29 is 63.8 Å². The fourth-order valence-corrected chi connectivity index (χ4v) is 8.74. The van der Waals surface area contributed by atoms with Crippen LogP contribution in [-0.2, 0) is 59.7 Å². The van der Waals surface area contributed by atoms with Gasteiger partial charge in [-0.15, -0.1) is 11.8 Å². The number of ether oxygens (including phenoxy) is 5. The Kier molecular flexibility index (Phi) is 21.0. The SMILES string of the molecule is CC(C)COS(=O)(=O)CCN(C)C(=O)CCCCCCC(=O)OCOC(=O)O[C@@](Cn1cncn1)(c1ccc(F)cc1F)[C@@H](C)SC1COC(/C=C/C=C/c2ccc(C#N)cc2F)OC1. The molecular formula is C44H54F3N5O11S2. The minimum Gasteiger partial charge on any atom is -0.428 e. The van der Waals surface area contributed by atoms with E-state index in [2.05, 4.69) is 10.1 Å². The summed E-state index contributed by atoms with van der Waals surface area (Å²) in [4.78, 5) is 43.6. The van der Waals surface area contributed by atoms with Gasteiger partial charge in [-0.2, -0.15) is 18.8 Å². The molecule has 16 nitrogen and oxygen atoms in total. The molecule has 354 valence electrons. The smallest absolute Gasteiger partial charge is 0.428 e. The summed E-state index contributed by atoms with van der Waals surface area (Å²) < 4.78 is 102. The molecule has 0 saturated carbocycles. The number of thioether (sulfide) groups is 1. The van der Waals surface area contributed by atoms with Crippen LogP contribution in [-0.4, -0.2) is 109 Å². The van der Waals surface area contributed by atoms with E-state index in [-0.39, 0.29) is 79.7 Å². The van der Waals surface area contributed by atoms with Gasteiger partial charge in [0, 0.05) is 48.9 Å². The number of aromatic nitrogens is 3. The summed E-state index contributed by atoms with van der Waals surface area (Å²) in [6.07, 6.45) is 9.20. The molecular weight excluding hydrogens is 896 g/mol. The first-order valence-electron chi connectivity index (χ1n) is 20.8. The van der Waals surface area contributed by atoms with Crippen LogP contribution in [0.3, 0.4) is 0 Å². The van der Waals surface area contributed by atoms with E-state index in [1.165, 1.54) is 59.3 Å². The lowest BCUT2D eigenvalue weighted by Gasteiger charge is -2.40. The number of carbonyl (C=O) groups is 3. The summed E-state index contributed by atoms with van der Waals surface area (Å²) in [6.45, 7) is 4.62. The van der Waals surface area contributed by atoms with Crippen LogP contribution in [0.4, 0.5) is 18.0 Å². The lowest BCUT2D eigenvalue weighted by Crippen LogP contribution is -2.47. The Morgan fingerprint density at radius 2 is 1.75 bits per heavy atom. The van der Waals surface area contributed by atoms with Crippen molar-refractivity contribution in [3.8, 4) is 6.07 Å². The number of unbranched alkanes of at least 4 members (excludes halogenated alkanes) is 3. The number of amides is 1. The Labute approximate surface area is 381 Å². The molecule has 1 aromatic heterocycles. The number of nitriles is 1. The third-order valence-electron chi connectivity index (χ3n) is 9.85. The molecule has 1 fully saturated rings. The molecule has 2 atom stereocenters. The van der Waals surface area contributed by atoms with Crippen molar-refractivity contribution in [1.29, 1.82) is 5.26 Å². The summed E-state index contributed by atoms with van der Waals surface area (Å²) in [5, 5.41) is 11.9. The predicted molar refractivity (Wildman–Crippen MR) is 232 cm³/mol. The molecule has 4 rings (SSSR count). The van der Waals surface area contributed by atoms with Gasteiger partial charge in [-0.1, -0.05) is 51.0 Å². The van der Waals surface area contributed by atoms with Crippen LogP contribution in [0.15, 0.2) is 67.3 Å². The third kappa shape index (κ3) is 17.6. The average molecular weight is 950 g/mol. The van der Waals surface area contributed by atoms with E-state index in [9.17, 15) is 31.6 Å². The van der Waals surface area contributed by atoms with E-state index < -0.39 is 63.6 Å². The monoisotopic (exact) mass is 949 g/mol. The summed E-state index contributed by atoms with van der Waals surface area (Å²) in [5.41, 5.74) is -1.60. The van der Waals surface area contributed by atoms with Crippen molar-refractivity contribution in [2.45, 2.75) is 88.2 Å². The number of allylic oxidation sites excluding steroid dienone is 2. The molecule has 0 spiro atoms. The largest absolute Gasteiger partial charge is 0.512 e. The van der Waals surface area contributed by atoms with Crippen molar-refractivity contribution in [1.82, 2.24) is 19.7 Å². The molecule has 3 aromatic rings. The van der Waals surface area contributed by atoms with E-state index in [0.717, 1.165) is 18.2 Å². The van der Waals surface area contributed by atoms with Gasteiger partial charge in [0.1, 0.15) is 30.1 Å². The number of benzene rings is 2. The topological polar surface area (TPSA) is 198 Å². The minimum absolute atomic E-state index is 0.00514. The molecule has 1 amide bonds. The Balaban J connectivity index is 1.28. The zero-order valence-electron chi connectivity index (χ0n) is 36.6. The van der Waals surface area contributed by atoms with Crippen LogP contribution in [0.25, 0.3) is 6.08 Å². The average Bonchev–Trinajstić information content (AvgIpc) is 3.78. The number of esters is 1. The second-order valence-corrected chi connectivity index (χ2v) is 18.8. The second-order valence-electron chi connectivity index (χ2n) is 15.4. The fourth-order valence-electron chi connectivity index (χ4n) is 6.28. The number of nitrogens with zero attached hydrogens (tertiary/aromatic N) is 5. The van der Waals surface area contributed by atoms with E-state index in [1.54, 1.807) is 25.2 Å². The fraction of sp³-hybridized carbons (Fsp3) is 0.500. The van der Waals surface area contributed by atoms with Gasteiger partial charge in [-0.05, 0) is 56.0 Å². The van der Waals surface area contributed by atoms with Crippen LogP contribution in [0.2, 0.25) is 0 Å². The molecule has 2 heterocycles. The van der Waals surface area contributed by atoms with Gasteiger partial charge in [0.15, 0.2) is 11.9 Å². The highest BCUT2D eigenvalue weighted by molar-refractivity contribution is 8.00. The van der Waals surface area contributed by atoms with E-state index >= 15 is 4.39 Å². The van der Waals surface area contributed by atoms with Crippen LogP contribution >= 0.6 is 11.8 Å². The van der Waals surface area contributed by atoms with Crippen molar-refractivity contribution in [2.75, 3.05) is 46.0 Å². The summed E-state index contributed by atoms with van der Waals surface area (Å²) in [6, 6.07) is 8.85. The van der Waals surface area contributed by atoms with Gasteiger partial charge in [0.25, 0.3) is 10.1 Å². The zero-order valence-corrected chi connectivity index (χ0v) is 38.2. The normalized spacial score (nSPS) is 16.8. The first-order chi connectivity index (χ1) is 31.0. The summed E-state index contributed by atoms with van der Waals surface area (Å²) >= 11 is 1.24. The molecule has 0 aliphatic carbocycles. The van der Waals surface area contributed by atoms with E-state index in [1.807, 2.05) is 19.9 Å². The van der Waals surface area contributed by atoms with E-state index in [4.69, 9.17) is 33.1 Å². The maximum atomic E-state index is 15.7. The summed E-state index contributed by atoms with van der Waals surface area (Å²) in [7, 11) is -2.21. The van der Waals surface area contributed by atoms with Crippen LogP contribution in [0, 0.1) is 34.7 Å². The zero-order chi connectivity index (χ0) is 47.4. The van der Waals surface area contributed by atoms with Crippen LogP contribution < -0.4 is 0 Å². The van der Waals surface area contributed by atoms with Crippen molar-refractivity contribution in [3.05, 3.63) is 101 Å². The number of hydrogen-bond donors (Lipinski definition) is 0. The van der Waals surface area contributed by atoms with Gasteiger partial charge in [0.05, 0.1) is 49.0 Å². The molecule has 0 bridgehead atoms. The summed E-state index contributed by atoms with van der Waals surface area (Å²) in [5.74, 6) is -3.55.